The molecule has 5 nitrogen and oxygen atoms in total. The molecule has 20 heavy (non-hydrogen) atoms. The molecule has 1 aromatic carbocycles. The van der Waals surface area contributed by atoms with Crippen molar-refractivity contribution in [3.05, 3.63) is 22.7 Å². The molecule has 0 amide bonds. The number of hydrogen-bond donors (Lipinski definition) is 1. The first-order valence-electron chi connectivity index (χ1n) is 6.33. The molecule has 0 radical (unpaired) electrons. The average molecular weight is 320 g/mol. The van der Waals surface area contributed by atoms with E-state index in [0.717, 1.165) is 13.0 Å². The summed E-state index contributed by atoms with van der Waals surface area (Å²) >= 11 is 5.91. The SMILES string of the molecule is Cc1c(N)cc(Cl)cc1S(=O)(=O)N(C)CCCN(C)C. The number of hydrogen-bond acceptors (Lipinski definition) is 4. The third-order valence-electron chi connectivity index (χ3n) is 3.13. The first kappa shape index (κ1) is 17.2. The maximum Gasteiger partial charge on any atom is 0.243 e. The van der Waals surface area contributed by atoms with Gasteiger partial charge in [-0.05, 0) is 51.7 Å². The van der Waals surface area contributed by atoms with Gasteiger partial charge < -0.3 is 10.6 Å². The maximum atomic E-state index is 12.5. The van der Waals surface area contributed by atoms with E-state index >= 15 is 0 Å². The first-order chi connectivity index (χ1) is 9.16. The minimum absolute atomic E-state index is 0.176. The predicted octanol–water partition coefficient (Wildman–Crippen LogP) is 1.80. The van der Waals surface area contributed by atoms with E-state index in [2.05, 4.69) is 0 Å². The second-order valence-electron chi connectivity index (χ2n) is 5.10. The lowest BCUT2D eigenvalue weighted by molar-refractivity contribution is 0.370. The molecule has 0 aliphatic heterocycles. The fourth-order valence-corrected chi connectivity index (χ4v) is 3.62. The van der Waals surface area contributed by atoms with Gasteiger partial charge in [-0.25, -0.2) is 12.7 Å². The number of sulfonamides is 1. The van der Waals surface area contributed by atoms with Gasteiger partial charge in [0.1, 0.15) is 0 Å². The molecule has 0 aliphatic carbocycles. The van der Waals surface area contributed by atoms with Crippen LogP contribution in [0.5, 0.6) is 0 Å². The molecule has 0 saturated heterocycles. The van der Waals surface area contributed by atoms with Crippen molar-refractivity contribution in [1.82, 2.24) is 9.21 Å². The molecule has 2 N–H and O–H groups in total. The molecule has 114 valence electrons. The van der Waals surface area contributed by atoms with Gasteiger partial charge in [0.25, 0.3) is 0 Å². The molecular weight excluding hydrogens is 298 g/mol. The topological polar surface area (TPSA) is 66.6 Å². The highest BCUT2D eigenvalue weighted by Crippen LogP contribution is 2.27. The standard InChI is InChI=1S/C13H22ClN3O2S/c1-10-12(15)8-11(14)9-13(10)20(18,19)17(4)7-5-6-16(2)3/h8-9H,5-7,15H2,1-4H3. The van der Waals surface area contributed by atoms with E-state index in [9.17, 15) is 8.42 Å². The van der Waals surface area contributed by atoms with Crippen LogP contribution in [-0.4, -0.2) is 51.9 Å². The normalized spacial score (nSPS) is 12.3. The summed E-state index contributed by atoms with van der Waals surface area (Å²) in [4.78, 5) is 2.19. The molecule has 0 unspecified atom stereocenters. The van der Waals surface area contributed by atoms with Crippen molar-refractivity contribution in [3.8, 4) is 0 Å². The minimum Gasteiger partial charge on any atom is -0.398 e. The lowest BCUT2D eigenvalue weighted by atomic mass is 10.2. The molecule has 7 heteroatoms. The first-order valence-corrected chi connectivity index (χ1v) is 8.14. The van der Waals surface area contributed by atoms with Crippen LogP contribution in [0.3, 0.4) is 0 Å². The number of benzene rings is 1. The summed E-state index contributed by atoms with van der Waals surface area (Å²) in [6, 6.07) is 3.01. The van der Waals surface area contributed by atoms with Crippen LogP contribution in [0.4, 0.5) is 5.69 Å². The van der Waals surface area contributed by atoms with E-state index in [1.165, 1.54) is 10.4 Å². The Morgan fingerprint density at radius 3 is 2.35 bits per heavy atom. The van der Waals surface area contributed by atoms with Crippen molar-refractivity contribution < 1.29 is 8.42 Å². The Morgan fingerprint density at radius 2 is 1.80 bits per heavy atom. The molecule has 0 spiro atoms. The maximum absolute atomic E-state index is 12.5. The zero-order valence-corrected chi connectivity index (χ0v) is 13.9. The van der Waals surface area contributed by atoms with Crippen LogP contribution < -0.4 is 5.73 Å². The number of nitrogen functional groups attached to an aromatic ring is 1. The van der Waals surface area contributed by atoms with E-state index in [4.69, 9.17) is 17.3 Å². The van der Waals surface area contributed by atoms with E-state index < -0.39 is 10.0 Å². The van der Waals surface area contributed by atoms with Crippen molar-refractivity contribution in [2.75, 3.05) is 40.0 Å². The van der Waals surface area contributed by atoms with Gasteiger partial charge in [0.05, 0.1) is 4.90 Å². The molecule has 0 heterocycles. The summed E-state index contributed by atoms with van der Waals surface area (Å²) in [5, 5.41) is 0.327. The van der Waals surface area contributed by atoms with Crippen LogP contribution in [0.15, 0.2) is 17.0 Å². The summed E-state index contributed by atoms with van der Waals surface area (Å²) in [5.41, 5.74) is 6.71. The van der Waals surface area contributed by atoms with Crippen molar-refractivity contribution in [3.63, 3.8) is 0 Å². The Kier molecular flexibility index (Phi) is 5.82. The van der Waals surface area contributed by atoms with Crippen molar-refractivity contribution in [1.29, 1.82) is 0 Å². The van der Waals surface area contributed by atoms with E-state index in [1.807, 2.05) is 19.0 Å². The van der Waals surface area contributed by atoms with Crippen LogP contribution in [0.25, 0.3) is 0 Å². The van der Waals surface area contributed by atoms with Gasteiger partial charge in [0, 0.05) is 24.3 Å². The lowest BCUT2D eigenvalue weighted by Gasteiger charge is -2.20. The minimum atomic E-state index is -3.56. The fourth-order valence-electron chi connectivity index (χ4n) is 1.84. The number of rotatable bonds is 6. The Balaban J connectivity index is 2.99. The van der Waals surface area contributed by atoms with Gasteiger partial charge in [-0.2, -0.15) is 0 Å². The number of nitrogens with two attached hydrogens (primary N) is 1. The summed E-state index contributed by atoms with van der Waals surface area (Å²) in [7, 11) is 1.92. The summed E-state index contributed by atoms with van der Waals surface area (Å²) in [6.45, 7) is 2.97. The van der Waals surface area contributed by atoms with Crippen LogP contribution in [0, 0.1) is 6.92 Å². The van der Waals surface area contributed by atoms with Gasteiger partial charge in [-0.3, -0.25) is 0 Å². The largest absolute Gasteiger partial charge is 0.398 e. The second-order valence-corrected chi connectivity index (χ2v) is 7.55. The smallest absolute Gasteiger partial charge is 0.243 e. The Bertz CT molecular complexity index is 573. The van der Waals surface area contributed by atoms with Crippen LogP contribution >= 0.6 is 11.6 Å². The summed E-state index contributed by atoms with van der Waals surface area (Å²) in [6.07, 6.45) is 0.762. The van der Waals surface area contributed by atoms with Crippen molar-refractivity contribution in [2.45, 2.75) is 18.2 Å². The summed E-state index contributed by atoms with van der Waals surface area (Å²) < 4.78 is 26.4. The molecule has 1 aromatic rings. The third-order valence-corrected chi connectivity index (χ3v) is 5.33. The molecule has 0 aliphatic rings. The van der Waals surface area contributed by atoms with Crippen LogP contribution in [0.1, 0.15) is 12.0 Å². The highest BCUT2D eigenvalue weighted by atomic mass is 35.5. The highest BCUT2D eigenvalue weighted by Gasteiger charge is 2.24. The van der Waals surface area contributed by atoms with E-state index in [0.29, 0.717) is 22.8 Å². The zero-order valence-electron chi connectivity index (χ0n) is 12.4. The number of nitrogens with zero attached hydrogens (tertiary/aromatic N) is 2. The van der Waals surface area contributed by atoms with E-state index in [-0.39, 0.29) is 4.90 Å². The van der Waals surface area contributed by atoms with Gasteiger partial charge in [-0.1, -0.05) is 11.6 Å². The molecule has 0 atom stereocenters. The van der Waals surface area contributed by atoms with Gasteiger partial charge >= 0.3 is 0 Å². The van der Waals surface area contributed by atoms with Crippen LogP contribution in [0.2, 0.25) is 5.02 Å². The van der Waals surface area contributed by atoms with Gasteiger partial charge in [0.2, 0.25) is 10.0 Å². The third kappa shape index (κ3) is 4.09. The quantitative estimate of drug-likeness (QED) is 0.812. The fraction of sp³-hybridized carbons (Fsp3) is 0.538. The van der Waals surface area contributed by atoms with Gasteiger partial charge in [-0.15, -0.1) is 0 Å². The second kappa shape index (κ2) is 6.76. The zero-order chi connectivity index (χ0) is 15.5. The predicted molar refractivity (Wildman–Crippen MR) is 83.6 cm³/mol. The highest BCUT2D eigenvalue weighted by molar-refractivity contribution is 7.89. The Labute approximate surface area is 126 Å². The number of anilines is 1. The summed E-state index contributed by atoms with van der Waals surface area (Å²) in [5.74, 6) is 0. The molecule has 1 rings (SSSR count). The molecule has 0 aromatic heterocycles. The monoisotopic (exact) mass is 319 g/mol. The average Bonchev–Trinajstić information content (AvgIpc) is 2.32. The van der Waals surface area contributed by atoms with Crippen molar-refractivity contribution in [2.24, 2.45) is 0 Å². The molecule has 0 fully saturated rings. The van der Waals surface area contributed by atoms with Crippen LogP contribution in [-0.2, 0) is 10.0 Å². The molecular formula is C13H22ClN3O2S. The van der Waals surface area contributed by atoms with Gasteiger partial charge in [0.15, 0.2) is 0 Å². The Morgan fingerprint density at radius 1 is 1.20 bits per heavy atom. The van der Waals surface area contributed by atoms with E-state index in [1.54, 1.807) is 20.0 Å². The van der Waals surface area contributed by atoms with Crippen molar-refractivity contribution >= 4 is 27.3 Å². The molecule has 0 bridgehead atoms. The molecule has 0 saturated carbocycles. The lowest BCUT2D eigenvalue weighted by Crippen LogP contribution is -2.30. The Hall–Kier alpha value is -0.820. The number of halogens is 1.